The van der Waals surface area contributed by atoms with E-state index in [1.165, 1.54) is 0 Å². The molecule has 6 heteroatoms. The number of ether oxygens (including phenoxy) is 1. The number of piperidine rings is 1. The molecule has 0 radical (unpaired) electrons. The van der Waals surface area contributed by atoms with Gasteiger partial charge in [0, 0.05) is 29.2 Å². The summed E-state index contributed by atoms with van der Waals surface area (Å²) in [6.07, 6.45) is 2.04. The van der Waals surface area contributed by atoms with E-state index in [2.05, 4.69) is 15.9 Å². The van der Waals surface area contributed by atoms with Crippen molar-refractivity contribution in [3.8, 4) is 5.75 Å². The summed E-state index contributed by atoms with van der Waals surface area (Å²) in [7, 11) is 0. The van der Waals surface area contributed by atoms with Gasteiger partial charge in [0.1, 0.15) is 5.75 Å². The molecule has 0 spiro atoms. The van der Waals surface area contributed by atoms with E-state index >= 15 is 0 Å². The van der Waals surface area contributed by atoms with Crippen molar-refractivity contribution >= 4 is 34.2 Å². The average Bonchev–Trinajstić information content (AvgIpc) is 2.36. The fourth-order valence-electron chi connectivity index (χ4n) is 2.40. The van der Waals surface area contributed by atoms with Crippen LogP contribution in [0.3, 0.4) is 0 Å². The van der Waals surface area contributed by atoms with Crippen LogP contribution in [0, 0.1) is 0 Å². The number of hydrogen-bond acceptors (Lipinski definition) is 3. The third kappa shape index (κ3) is 5.16. The number of carbonyl (C=O) groups excluding carboxylic acids is 1. The first-order valence-corrected chi connectivity index (χ1v) is 7.77. The maximum absolute atomic E-state index is 12.5. The molecule has 0 saturated carbocycles. The first-order valence-electron chi connectivity index (χ1n) is 6.98. The molecule has 1 atom stereocenters. The van der Waals surface area contributed by atoms with Crippen molar-refractivity contribution in [3.05, 3.63) is 28.2 Å². The third-order valence-corrected chi connectivity index (χ3v) is 3.69. The maximum Gasteiger partial charge on any atom is 0.254 e. The lowest BCUT2D eigenvalue weighted by Crippen LogP contribution is -2.45. The van der Waals surface area contributed by atoms with E-state index in [9.17, 15) is 4.79 Å². The summed E-state index contributed by atoms with van der Waals surface area (Å²) in [6.45, 7) is 5.34. The zero-order valence-corrected chi connectivity index (χ0v) is 14.7. The lowest BCUT2D eigenvalue weighted by Gasteiger charge is -2.31. The van der Waals surface area contributed by atoms with E-state index in [0.717, 1.165) is 23.9 Å². The number of amides is 1. The van der Waals surface area contributed by atoms with Crippen LogP contribution in [0.1, 0.15) is 37.0 Å². The van der Waals surface area contributed by atoms with E-state index < -0.39 is 0 Å². The lowest BCUT2D eigenvalue weighted by atomic mass is 10.1. The molecule has 1 aromatic carbocycles. The standard InChI is InChI=1S/C15H21BrN2O2.ClH/c1-10(2)20-14-7-11(6-12(16)8-14)15(19)18-5-3-4-13(17)9-18;/h6-8,10,13H,3-5,9,17H2,1-2H3;1H. The summed E-state index contributed by atoms with van der Waals surface area (Å²) < 4.78 is 6.52. The van der Waals surface area contributed by atoms with E-state index in [0.29, 0.717) is 17.9 Å². The number of likely N-dealkylation sites (tertiary alicyclic amines) is 1. The molecule has 1 heterocycles. The second-order valence-electron chi connectivity index (χ2n) is 5.50. The summed E-state index contributed by atoms with van der Waals surface area (Å²) in [5.41, 5.74) is 6.58. The largest absolute Gasteiger partial charge is 0.491 e. The van der Waals surface area contributed by atoms with Crippen molar-refractivity contribution in [3.63, 3.8) is 0 Å². The van der Waals surface area contributed by atoms with Gasteiger partial charge in [0.05, 0.1) is 6.10 Å². The number of halogens is 2. The molecule has 1 unspecified atom stereocenters. The smallest absolute Gasteiger partial charge is 0.254 e. The van der Waals surface area contributed by atoms with Gasteiger partial charge in [0.2, 0.25) is 0 Å². The van der Waals surface area contributed by atoms with Crippen molar-refractivity contribution in [1.82, 2.24) is 4.90 Å². The molecule has 2 N–H and O–H groups in total. The normalized spacial score (nSPS) is 18.3. The number of nitrogens with zero attached hydrogens (tertiary/aromatic N) is 1. The summed E-state index contributed by atoms with van der Waals surface area (Å²) >= 11 is 3.43. The minimum Gasteiger partial charge on any atom is -0.491 e. The Morgan fingerprint density at radius 1 is 1.43 bits per heavy atom. The Labute approximate surface area is 140 Å². The van der Waals surface area contributed by atoms with Crippen LogP contribution < -0.4 is 10.5 Å². The second kappa shape index (κ2) is 8.01. The molecular formula is C15H22BrClN2O2. The van der Waals surface area contributed by atoms with Gasteiger partial charge in [-0.25, -0.2) is 0 Å². The Morgan fingerprint density at radius 2 is 2.14 bits per heavy atom. The van der Waals surface area contributed by atoms with Gasteiger partial charge in [-0.3, -0.25) is 4.79 Å². The third-order valence-electron chi connectivity index (χ3n) is 3.24. The van der Waals surface area contributed by atoms with Crippen molar-refractivity contribution in [1.29, 1.82) is 0 Å². The minimum absolute atomic E-state index is 0. The van der Waals surface area contributed by atoms with Gasteiger partial charge < -0.3 is 15.4 Å². The predicted octanol–water partition coefficient (Wildman–Crippen LogP) is 3.22. The molecule has 4 nitrogen and oxygen atoms in total. The van der Waals surface area contributed by atoms with E-state index in [1.54, 1.807) is 6.07 Å². The highest BCUT2D eigenvalue weighted by Crippen LogP contribution is 2.24. The fraction of sp³-hybridized carbons (Fsp3) is 0.533. The van der Waals surface area contributed by atoms with Crippen molar-refractivity contribution in [2.24, 2.45) is 5.73 Å². The van der Waals surface area contributed by atoms with Gasteiger partial charge in [-0.1, -0.05) is 15.9 Å². The van der Waals surface area contributed by atoms with Crippen LogP contribution in [0.25, 0.3) is 0 Å². The topological polar surface area (TPSA) is 55.6 Å². The number of nitrogens with two attached hydrogens (primary N) is 1. The molecular weight excluding hydrogens is 356 g/mol. The Kier molecular flexibility index (Phi) is 6.97. The zero-order valence-electron chi connectivity index (χ0n) is 12.3. The van der Waals surface area contributed by atoms with Gasteiger partial charge in [0.15, 0.2) is 0 Å². The number of carbonyl (C=O) groups is 1. The molecule has 1 aromatic rings. The van der Waals surface area contributed by atoms with Crippen LogP contribution in [0.4, 0.5) is 0 Å². The van der Waals surface area contributed by atoms with Crippen LogP contribution in [-0.2, 0) is 0 Å². The highest BCUT2D eigenvalue weighted by Gasteiger charge is 2.23. The van der Waals surface area contributed by atoms with Gasteiger partial charge in [-0.2, -0.15) is 0 Å². The highest BCUT2D eigenvalue weighted by atomic mass is 79.9. The van der Waals surface area contributed by atoms with Gasteiger partial charge >= 0.3 is 0 Å². The summed E-state index contributed by atoms with van der Waals surface area (Å²) in [5.74, 6) is 0.731. The molecule has 1 saturated heterocycles. The SMILES string of the molecule is CC(C)Oc1cc(Br)cc(C(=O)N2CCCC(N)C2)c1.Cl. The minimum atomic E-state index is 0. The Balaban J connectivity index is 0.00000220. The van der Waals surface area contributed by atoms with Crippen molar-refractivity contribution in [2.45, 2.75) is 38.8 Å². The van der Waals surface area contributed by atoms with Crippen molar-refractivity contribution in [2.75, 3.05) is 13.1 Å². The quantitative estimate of drug-likeness (QED) is 0.880. The van der Waals surface area contributed by atoms with Crippen LogP contribution in [0.2, 0.25) is 0 Å². The molecule has 1 amide bonds. The number of rotatable bonds is 3. The molecule has 1 fully saturated rings. The lowest BCUT2D eigenvalue weighted by molar-refractivity contribution is 0.0708. The van der Waals surface area contributed by atoms with Crippen LogP contribution in [-0.4, -0.2) is 36.0 Å². The van der Waals surface area contributed by atoms with Gasteiger partial charge in [0.25, 0.3) is 5.91 Å². The average molecular weight is 378 g/mol. The first-order chi connectivity index (χ1) is 9.45. The first kappa shape index (κ1) is 18.3. The summed E-state index contributed by atoms with van der Waals surface area (Å²) in [6, 6.07) is 5.59. The Bertz CT molecular complexity index is 497. The fourth-order valence-corrected chi connectivity index (χ4v) is 2.88. The van der Waals surface area contributed by atoms with Gasteiger partial charge in [-0.15, -0.1) is 12.4 Å². The molecule has 118 valence electrons. The van der Waals surface area contributed by atoms with E-state index in [-0.39, 0.29) is 30.5 Å². The molecule has 0 bridgehead atoms. The molecule has 0 aromatic heterocycles. The number of hydrogen-bond donors (Lipinski definition) is 1. The summed E-state index contributed by atoms with van der Waals surface area (Å²) in [4.78, 5) is 14.4. The monoisotopic (exact) mass is 376 g/mol. The molecule has 21 heavy (non-hydrogen) atoms. The molecule has 0 aliphatic carbocycles. The van der Waals surface area contributed by atoms with Crippen LogP contribution >= 0.6 is 28.3 Å². The zero-order chi connectivity index (χ0) is 14.7. The Morgan fingerprint density at radius 3 is 2.76 bits per heavy atom. The molecule has 1 aliphatic rings. The maximum atomic E-state index is 12.5. The predicted molar refractivity (Wildman–Crippen MR) is 90.3 cm³/mol. The molecule has 2 rings (SSSR count). The number of benzene rings is 1. The van der Waals surface area contributed by atoms with Crippen LogP contribution in [0.5, 0.6) is 5.75 Å². The van der Waals surface area contributed by atoms with Gasteiger partial charge in [-0.05, 0) is 44.9 Å². The molecule has 1 aliphatic heterocycles. The van der Waals surface area contributed by atoms with E-state index in [4.69, 9.17) is 10.5 Å². The second-order valence-corrected chi connectivity index (χ2v) is 6.41. The van der Waals surface area contributed by atoms with Crippen molar-refractivity contribution < 1.29 is 9.53 Å². The van der Waals surface area contributed by atoms with Crippen LogP contribution in [0.15, 0.2) is 22.7 Å². The van der Waals surface area contributed by atoms with E-state index in [1.807, 2.05) is 30.9 Å². The highest BCUT2D eigenvalue weighted by molar-refractivity contribution is 9.10. The summed E-state index contributed by atoms with van der Waals surface area (Å²) in [5, 5.41) is 0. The Hall–Kier alpha value is -0.780.